The molecule has 3 rings (SSSR count). The number of amides is 1. The second kappa shape index (κ2) is 8.75. The van der Waals surface area contributed by atoms with Crippen molar-refractivity contribution in [1.82, 2.24) is 4.57 Å². The number of ether oxygens (including phenoxy) is 1. The van der Waals surface area contributed by atoms with Crippen LogP contribution in [0.5, 0.6) is 0 Å². The minimum Gasteiger partial charge on any atom is -0.452 e. The van der Waals surface area contributed by atoms with E-state index in [1.54, 1.807) is 6.07 Å². The average molecular weight is 442 g/mol. The Kier molecular flexibility index (Phi) is 6.28. The van der Waals surface area contributed by atoms with Crippen molar-refractivity contribution < 1.29 is 22.7 Å². The molecule has 0 aliphatic rings. The van der Waals surface area contributed by atoms with Crippen LogP contribution in [0.25, 0.3) is 5.69 Å². The summed E-state index contributed by atoms with van der Waals surface area (Å²) < 4.78 is 29.6. The number of hydrogen-bond donors (Lipinski definition) is 2. The predicted octanol–water partition coefficient (Wildman–Crippen LogP) is 2.85. The lowest BCUT2D eigenvalue weighted by atomic mass is 10.2. The van der Waals surface area contributed by atoms with Crippen molar-refractivity contribution >= 4 is 27.6 Å². The number of sulfonamides is 1. The van der Waals surface area contributed by atoms with Crippen LogP contribution in [0, 0.1) is 20.8 Å². The fourth-order valence-corrected chi connectivity index (χ4v) is 3.71. The van der Waals surface area contributed by atoms with Gasteiger partial charge in [-0.15, -0.1) is 0 Å². The van der Waals surface area contributed by atoms with Crippen molar-refractivity contribution in [3.05, 3.63) is 77.1 Å². The Morgan fingerprint density at radius 1 is 1.00 bits per heavy atom. The molecule has 1 heterocycles. The summed E-state index contributed by atoms with van der Waals surface area (Å²) in [5.41, 5.74) is 4.38. The second-order valence-corrected chi connectivity index (χ2v) is 8.71. The van der Waals surface area contributed by atoms with Crippen molar-refractivity contribution in [2.75, 3.05) is 11.9 Å². The van der Waals surface area contributed by atoms with E-state index in [9.17, 15) is 18.0 Å². The summed E-state index contributed by atoms with van der Waals surface area (Å²) in [5.74, 6) is -1.16. The number of primary sulfonamides is 1. The Morgan fingerprint density at radius 2 is 1.61 bits per heavy atom. The molecule has 0 bridgehead atoms. The highest BCUT2D eigenvalue weighted by Gasteiger charge is 2.19. The van der Waals surface area contributed by atoms with Gasteiger partial charge in [0.25, 0.3) is 5.91 Å². The first-order valence-electron chi connectivity index (χ1n) is 9.42. The molecule has 3 aromatic rings. The lowest BCUT2D eigenvalue weighted by Gasteiger charge is -2.10. The van der Waals surface area contributed by atoms with Gasteiger partial charge in [0.2, 0.25) is 10.0 Å². The van der Waals surface area contributed by atoms with Gasteiger partial charge in [0.15, 0.2) is 6.61 Å². The van der Waals surface area contributed by atoms with Gasteiger partial charge >= 0.3 is 5.97 Å². The monoisotopic (exact) mass is 441 g/mol. The summed E-state index contributed by atoms with van der Waals surface area (Å²) in [6.45, 7) is 5.23. The number of esters is 1. The molecule has 1 amide bonds. The van der Waals surface area contributed by atoms with E-state index in [0.717, 1.165) is 16.9 Å². The molecule has 31 heavy (non-hydrogen) atoms. The molecule has 0 radical (unpaired) electrons. The minimum atomic E-state index is -3.81. The third-order valence-electron chi connectivity index (χ3n) is 4.74. The summed E-state index contributed by atoms with van der Waals surface area (Å²) in [4.78, 5) is 24.6. The zero-order valence-corrected chi connectivity index (χ0v) is 18.2. The summed E-state index contributed by atoms with van der Waals surface area (Å²) in [5, 5.41) is 7.57. The van der Waals surface area contributed by atoms with Crippen LogP contribution >= 0.6 is 0 Å². The Balaban J connectivity index is 1.65. The van der Waals surface area contributed by atoms with E-state index in [-0.39, 0.29) is 4.90 Å². The average Bonchev–Trinajstić information content (AvgIpc) is 3.01. The van der Waals surface area contributed by atoms with Gasteiger partial charge in [-0.2, -0.15) is 0 Å². The smallest absolute Gasteiger partial charge is 0.340 e. The van der Waals surface area contributed by atoms with E-state index < -0.39 is 28.5 Å². The number of anilines is 1. The molecule has 0 aliphatic carbocycles. The summed E-state index contributed by atoms with van der Waals surface area (Å²) >= 11 is 0. The Bertz CT molecular complexity index is 1230. The Labute approximate surface area is 180 Å². The number of nitrogens with one attached hydrogen (secondary N) is 1. The molecule has 162 valence electrons. The lowest BCUT2D eigenvalue weighted by Crippen LogP contribution is -2.21. The maximum atomic E-state index is 12.5. The minimum absolute atomic E-state index is 0.0686. The van der Waals surface area contributed by atoms with Gasteiger partial charge < -0.3 is 14.6 Å². The molecule has 0 aliphatic heterocycles. The van der Waals surface area contributed by atoms with Crippen LogP contribution in [0.2, 0.25) is 0 Å². The van der Waals surface area contributed by atoms with Gasteiger partial charge in [-0.1, -0.05) is 17.7 Å². The van der Waals surface area contributed by atoms with Crippen molar-refractivity contribution in [3.63, 3.8) is 0 Å². The molecule has 9 heteroatoms. The molecule has 0 spiro atoms. The summed E-state index contributed by atoms with van der Waals surface area (Å²) in [6.07, 6.45) is 0. The molecule has 0 fully saturated rings. The van der Waals surface area contributed by atoms with E-state index in [0.29, 0.717) is 16.9 Å². The number of aromatic nitrogens is 1. The van der Waals surface area contributed by atoms with Crippen LogP contribution in [0.4, 0.5) is 5.69 Å². The van der Waals surface area contributed by atoms with Crippen molar-refractivity contribution in [2.24, 2.45) is 5.14 Å². The highest BCUT2D eigenvalue weighted by molar-refractivity contribution is 7.89. The molecular weight excluding hydrogens is 418 g/mol. The SMILES string of the molecule is Cc1ccc(-n2c(C)cc(C(=O)OCC(=O)Nc3ccc(S(N)(=O)=O)cc3)c2C)cc1. The molecule has 2 aromatic carbocycles. The standard InChI is InChI=1S/C22H23N3O5S/c1-14-4-8-18(9-5-14)25-15(2)12-20(16(25)3)22(27)30-13-21(26)24-17-6-10-19(11-7-17)31(23,28)29/h4-12H,13H2,1-3H3,(H,24,26)(H2,23,28,29). The predicted molar refractivity (Wildman–Crippen MR) is 117 cm³/mol. The zero-order chi connectivity index (χ0) is 22.8. The molecular formula is C22H23N3O5S. The first-order valence-corrected chi connectivity index (χ1v) is 11.0. The van der Waals surface area contributed by atoms with Crippen LogP contribution in [0.15, 0.2) is 59.5 Å². The number of hydrogen-bond acceptors (Lipinski definition) is 5. The van der Waals surface area contributed by atoms with Crippen LogP contribution < -0.4 is 10.5 Å². The van der Waals surface area contributed by atoms with Crippen LogP contribution in [-0.2, 0) is 19.6 Å². The largest absolute Gasteiger partial charge is 0.452 e. The molecule has 3 N–H and O–H groups in total. The zero-order valence-electron chi connectivity index (χ0n) is 17.4. The summed E-state index contributed by atoms with van der Waals surface area (Å²) in [7, 11) is -3.81. The van der Waals surface area contributed by atoms with Gasteiger partial charge in [-0.25, -0.2) is 18.4 Å². The second-order valence-electron chi connectivity index (χ2n) is 7.15. The highest BCUT2D eigenvalue weighted by Crippen LogP contribution is 2.22. The molecule has 0 saturated carbocycles. The maximum Gasteiger partial charge on any atom is 0.340 e. The van der Waals surface area contributed by atoms with Crippen molar-refractivity contribution in [3.8, 4) is 5.69 Å². The fourth-order valence-electron chi connectivity index (χ4n) is 3.19. The maximum absolute atomic E-state index is 12.5. The first-order chi connectivity index (χ1) is 14.6. The summed E-state index contributed by atoms with van der Waals surface area (Å²) in [6, 6.07) is 15.0. The lowest BCUT2D eigenvalue weighted by molar-refractivity contribution is -0.119. The van der Waals surface area contributed by atoms with Gasteiger partial charge in [-0.3, -0.25) is 4.79 Å². The van der Waals surface area contributed by atoms with E-state index in [1.165, 1.54) is 24.3 Å². The number of nitrogens with two attached hydrogens (primary N) is 1. The number of carbonyl (C=O) groups is 2. The molecule has 1 aromatic heterocycles. The number of benzene rings is 2. The third-order valence-corrected chi connectivity index (χ3v) is 5.67. The van der Waals surface area contributed by atoms with Gasteiger partial charge in [0, 0.05) is 22.8 Å². The van der Waals surface area contributed by atoms with E-state index >= 15 is 0 Å². The van der Waals surface area contributed by atoms with Crippen LogP contribution in [-0.4, -0.2) is 31.5 Å². The molecule has 0 saturated heterocycles. The van der Waals surface area contributed by atoms with Gasteiger partial charge in [0.05, 0.1) is 10.5 Å². The van der Waals surface area contributed by atoms with Crippen LogP contribution in [0.1, 0.15) is 27.3 Å². The Hall–Kier alpha value is -3.43. The number of nitrogens with zero attached hydrogens (tertiary/aromatic N) is 1. The van der Waals surface area contributed by atoms with Crippen molar-refractivity contribution in [2.45, 2.75) is 25.7 Å². The van der Waals surface area contributed by atoms with Gasteiger partial charge in [0.1, 0.15) is 0 Å². The van der Waals surface area contributed by atoms with Gasteiger partial charge in [-0.05, 0) is 63.2 Å². The van der Waals surface area contributed by atoms with E-state index in [2.05, 4.69) is 5.32 Å². The quantitative estimate of drug-likeness (QED) is 0.570. The molecule has 0 unspecified atom stereocenters. The van der Waals surface area contributed by atoms with Crippen LogP contribution in [0.3, 0.4) is 0 Å². The normalized spacial score (nSPS) is 11.2. The van der Waals surface area contributed by atoms with E-state index in [1.807, 2.05) is 49.6 Å². The van der Waals surface area contributed by atoms with Crippen molar-refractivity contribution in [1.29, 1.82) is 0 Å². The Morgan fingerprint density at radius 3 is 2.19 bits per heavy atom. The molecule has 8 nitrogen and oxygen atoms in total. The fraction of sp³-hybridized carbons (Fsp3) is 0.182. The topological polar surface area (TPSA) is 120 Å². The first kappa shape index (κ1) is 22.3. The third kappa shape index (κ3) is 5.19. The number of aryl methyl sites for hydroxylation is 2. The number of rotatable bonds is 6. The highest BCUT2D eigenvalue weighted by atomic mass is 32.2. The number of carbonyl (C=O) groups excluding carboxylic acids is 2. The van der Waals surface area contributed by atoms with E-state index in [4.69, 9.17) is 9.88 Å². The molecule has 0 atom stereocenters.